The molecule has 1 rings (SSSR count). The van der Waals surface area contributed by atoms with Gasteiger partial charge in [-0.25, -0.2) is 0 Å². The number of carbonyl (C=O) groups is 1. The number of rotatable bonds is 5. The lowest BCUT2D eigenvalue weighted by atomic mass is 10.0. The molecule has 0 aromatic heterocycles. The summed E-state index contributed by atoms with van der Waals surface area (Å²) in [6.45, 7) is 4.08. The summed E-state index contributed by atoms with van der Waals surface area (Å²) in [6, 6.07) is 0. The van der Waals surface area contributed by atoms with Crippen molar-refractivity contribution < 1.29 is 19.4 Å². The van der Waals surface area contributed by atoms with Crippen LogP contribution in [0.5, 0.6) is 0 Å². The molecule has 1 heterocycles. The van der Waals surface area contributed by atoms with E-state index in [-0.39, 0.29) is 12.5 Å². The van der Waals surface area contributed by atoms with Crippen molar-refractivity contribution in [1.82, 2.24) is 0 Å². The van der Waals surface area contributed by atoms with Gasteiger partial charge in [0.15, 0.2) is 0 Å². The second-order valence-electron chi connectivity index (χ2n) is 3.80. The highest BCUT2D eigenvalue weighted by atomic mass is 16.5. The number of aliphatic carboxylic acids is 1. The van der Waals surface area contributed by atoms with Gasteiger partial charge in [-0.05, 0) is 25.7 Å². The van der Waals surface area contributed by atoms with E-state index in [1.54, 1.807) is 6.92 Å². The molecule has 1 fully saturated rings. The van der Waals surface area contributed by atoms with E-state index in [4.69, 9.17) is 14.6 Å². The van der Waals surface area contributed by atoms with Crippen molar-refractivity contribution in [2.75, 3.05) is 19.8 Å². The molecular formula is C10H18O4. The van der Waals surface area contributed by atoms with E-state index in [1.165, 1.54) is 0 Å². The van der Waals surface area contributed by atoms with Crippen LogP contribution >= 0.6 is 0 Å². The van der Waals surface area contributed by atoms with Crippen molar-refractivity contribution in [3.05, 3.63) is 0 Å². The van der Waals surface area contributed by atoms with E-state index in [9.17, 15) is 4.79 Å². The molecule has 4 heteroatoms. The molecular weight excluding hydrogens is 184 g/mol. The summed E-state index contributed by atoms with van der Waals surface area (Å²) in [5.74, 6) is -0.260. The fourth-order valence-electron chi connectivity index (χ4n) is 1.52. The first-order valence-electron chi connectivity index (χ1n) is 5.09. The van der Waals surface area contributed by atoms with Crippen LogP contribution in [0.15, 0.2) is 0 Å². The van der Waals surface area contributed by atoms with Gasteiger partial charge < -0.3 is 14.6 Å². The molecule has 0 saturated carbocycles. The molecule has 4 nitrogen and oxygen atoms in total. The molecule has 1 N–H and O–H groups in total. The van der Waals surface area contributed by atoms with Gasteiger partial charge in [0.05, 0.1) is 12.5 Å². The third kappa shape index (κ3) is 4.58. The van der Waals surface area contributed by atoms with Crippen LogP contribution in [0.25, 0.3) is 0 Å². The first-order chi connectivity index (χ1) is 6.68. The number of hydrogen-bond donors (Lipinski definition) is 1. The molecule has 0 spiro atoms. The molecule has 0 amide bonds. The first-order valence-corrected chi connectivity index (χ1v) is 5.09. The summed E-state index contributed by atoms with van der Waals surface area (Å²) in [5, 5.41) is 8.52. The zero-order valence-corrected chi connectivity index (χ0v) is 8.57. The maximum absolute atomic E-state index is 10.4. The van der Waals surface area contributed by atoms with Crippen LogP contribution in [0.2, 0.25) is 0 Å². The Balaban J connectivity index is 2.09. The number of hydrogen-bond acceptors (Lipinski definition) is 3. The van der Waals surface area contributed by atoms with Crippen LogP contribution in [0.4, 0.5) is 0 Å². The minimum absolute atomic E-state index is 0.0865. The molecule has 0 bridgehead atoms. The Morgan fingerprint density at radius 3 is 2.79 bits per heavy atom. The Morgan fingerprint density at radius 2 is 2.21 bits per heavy atom. The fourth-order valence-corrected chi connectivity index (χ4v) is 1.52. The summed E-state index contributed by atoms with van der Waals surface area (Å²) in [7, 11) is 0. The van der Waals surface area contributed by atoms with Crippen LogP contribution in [0.3, 0.4) is 0 Å². The van der Waals surface area contributed by atoms with Crippen LogP contribution < -0.4 is 0 Å². The Morgan fingerprint density at radius 1 is 1.57 bits per heavy atom. The third-order valence-electron chi connectivity index (χ3n) is 2.42. The summed E-state index contributed by atoms with van der Waals surface area (Å²) >= 11 is 0. The van der Waals surface area contributed by atoms with Gasteiger partial charge in [0, 0.05) is 19.8 Å². The van der Waals surface area contributed by atoms with Gasteiger partial charge in [0.1, 0.15) is 0 Å². The lowest BCUT2D eigenvalue weighted by Crippen LogP contribution is -2.23. The molecule has 0 unspecified atom stereocenters. The molecule has 1 atom stereocenters. The van der Waals surface area contributed by atoms with Gasteiger partial charge in [0.25, 0.3) is 0 Å². The van der Waals surface area contributed by atoms with E-state index in [0.717, 1.165) is 26.1 Å². The summed E-state index contributed by atoms with van der Waals surface area (Å²) in [4.78, 5) is 10.4. The predicted octanol–water partition coefficient (Wildman–Crippen LogP) is 1.29. The Kier molecular flexibility index (Phi) is 4.90. The minimum Gasteiger partial charge on any atom is -0.481 e. The van der Waals surface area contributed by atoms with Gasteiger partial charge >= 0.3 is 5.97 Å². The molecule has 1 aliphatic rings. The Bertz CT molecular complexity index is 175. The molecule has 0 radical (unpaired) electrons. The summed E-state index contributed by atoms with van der Waals surface area (Å²) in [6.07, 6.45) is 1.96. The predicted molar refractivity (Wildman–Crippen MR) is 51.2 cm³/mol. The van der Waals surface area contributed by atoms with Crippen molar-refractivity contribution in [3.63, 3.8) is 0 Å². The lowest BCUT2D eigenvalue weighted by molar-refractivity contribution is -0.140. The monoisotopic (exact) mass is 202 g/mol. The largest absolute Gasteiger partial charge is 0.481 e. The molecule has 0 aromatic carbocycles. The minimum atomic E-state index is -0.801. The highest BCUT2D eigenvalue weighted by Gasteiger charge is 2.16. The second-order valence-corrected chi connectivity index (χ2v) is 3.80. The molecule has 0 aliphatic carbocycles. The normalized spacial score (nSPS) is 20.6. The quantitative estimate of drug-likeness (QED) is 0.730. The maximum atomic E-state index is 10.4. The highest BCUT2D eigenvalue weighted by Crippen LogP contribution is 2.15. The van der Waals surface area contributed by atoms with Gasteiger partial charge in [-0.2, -0.15) is 0 Å². The summed E-state index contributed by atoms with van der Waals surface area (Å²) < 4.78 is 10.7. The van der Waals surface area contributed by atoms with Crippen LogP contribution in [-0.4, -0.2) is 37.0 Å². The summed E-state index contributed by atoms with van der Waals surface area (Å²) in [5.41, 5.74) is 0. The number of carboxylic acid groups (broad SMARTS) is 1. The number of ether oxygens (including phenoxy) is 2. The van der Waals surface area contributed by atoms with E-state index < -0.39 is 5.97 Å². The molecule has 0 aromatic rings. The average Bonchev–Trinajstić information content (AvgIpc) is 2.15. The standard InChI is InChI=1S/C10H18O4/c1-8(6-10(11)12)14-7-9-2-4-13-5-3-9/h8-9H,2-7H2,1H3,(H,11,12)/t8-/m1/s1. The van der Waals surface area contributed by atoms with Crippen molar-refractivity contribution in [3.8, 4) is 0 Å². The SMILES string of the molecule is C[C@H](CC(=O)O)OCC1CCOCC1. The van der Waals surface area contributed by atoms with Crippen LogP contribution in [0, 0.1) is 5.92 Å². The first kappa shape index (κ1) is 11.5. The van der Waals surface area contributed by atoms with Crippen molar-refractivity contribution in [1.29, 1.82) is 0 Å². The Hall–Kier alpha value is -0.610. The molecule has 1 aliphatic heterocycles. The zero-order chi connectivity index (χ0) is 10.4. The average molecular weight is 202 g/mol. The van der Waals surface area contributed by atoms with Crippen LogP contribution in [-0.2, 0) is 14.3 Å². The van der Waals surface area contributed by atoms with E-state index in [1.807, 2.05) is 0 Å². The third-order valence-corrected chi connectivity index (χ3v) is 2.42. The van der Waals surface area contributed by atoms with Crippen molar-refractivity contribution >= 4 is 5.97 Å². The highest BCUT2D eigenvalue weighted by molar-refractivity contribution is 5.67. The molecule has 1 saturated heterocycles. The smallest absolute Gasteiger partial charge is 0.305 e. The van der Waals surface area contributed by atoms with E-state index >= 15 is 0 Å². The van der Waals surface area contributed by atoms with Crippen LogP contribution in [0.1, 0.15) is 26.2 Å². The van der Waals surface area contributed by atoms with Crippen molar-refractivity contribution in [2.45, 2.75) is 32.3 Å². The maximum Gasteiger partial charge on any atom is 0.305 e. The van der Waals surface area contributed by atoms with Crippen molar-refractivity contribution in [2.24, 2.45) is 5.92 Å². The van der Waals surface area contributed by atoms with E-state index in [2.05, 4.69) is 0 Å². The van der Waals surface area contributed by atoms with Gasteiger partial charge in [-0.1, -0.05) is 0 Å². The lowest BCUT2D eigenvalue weighted by Gasteiger charge is -2.23. The zero-order valence-electron chi connectivity index (χ0n) is 8.57. The van der Waals surface area contributed by atoms with Gasteiger partial charge in [-0.3, -0.25) is 4.79 Å². The molecule has 14 heavy (non-hydrogen) atoms. The second kappa shape index (κ2) is 5.98. The molecule has 82 valence electrons. The topological polar surface area (TPSA) is 55.8 Å². The van der Waals surface area contributed by atoms with Gasteiger partial charge in [0.2, 0.25) is 0 Å². The van der Waals surface area contributed by atoms with E-state index in [0.29, 0.717) is 12.5 Å². The Labute approximate surface area is 84.2 Å². The number of carboxylic acids is 1. The van der Waals surface area contributed by atoms with Gasteiger partial charge in [-0.15, -0.1) is 0 Å². The fraction of sp³-hybridized carbons (Fsp3) is 0.900.